The predicted octanol–water partition coefficient (Wildman–Crippen LogP) is 4.71. The molecule has 1 atom stereocenters. The van der Waals surface area contributed by atoms with Gasteiger partial charge in [-0.15, -0.1) is 35.3 Å². The molecule has 2 aromatic carbocycles. The molecule has 3 rings (SSSR count). The average molecular weight is 573 g/mol. The molecule has 0 radical (unpaired) electrons. The van der Waals surface area contributed by atoms with E-state index in [1.165, 1.54) is 0 Å². The number of aliphatic hydroxyl groups is 1. The van der Waals surface area contributed by atoms with Gasteiger partial charge in [0.25, 0.3) is 0 Å². The van der Waals surface area contributed by atoms with Crippen LogP contribution in [0.1, 0.15) is 23.0 Å². The van der Waals surface area contributed by atoms with Crippen molar-refractivity contribution >= 4 is 74.6 Å². The van der Waals surface area contributed by atoms with Gasteiger partial charge in [-0.2, -0.15) is 0 Å². The van der Waals surface area contributed by atoms with Gasteiger partial charge in [0.1, 0.15) is 6.10 Å². The summed E-state index contributed by atoms with van der Waals surface area (Å²) in [6.45, 7) is 2.59. The maximum Gasteiger partial charge on any atom is 0.226 e. The second kappa shape index (κ2) is 12.2. The Morgan fingerprint density at radius 3 is 2.71 bits per heavy atom. The summed E-state index contributed by atoms with van der Waals surface area (Å²) in [4.78, 5) is 17.2. The lowest BCUT2D eigenvalue weighted by Gasteiger charge is -2.15. The summed E-state index contributed by atoms with van der Waals surface area (Å²) < 4.78 is 1.15. The Morgan fingerprint density at radius 1 is 1.19 bits per heavy atom. The Hall–Kier alpha value is -1.88. The first-order valence-corrected chi connectivity index (χ1v) is 10.8. The van der Waals surface area contributed by atoms with Crippen molar-refractivity contribution in [3.8, 4) is 0 Å². The van der Waals surface area contributed by atoms with Gasteiger partial charge in [-0.3, -0.25) is 9.79 Å². The molecule has 0 fully saturated rings. The highest BCUT2D eigenvalue weighted by Gasteiger charge is 2.12. The number of aliphatic imine (C=N–C) groups is 1. The van der Waals surface area contributed by atoms with E-state index in [1.807, 2.05) is 43.3 Å². The predicted molar refractivity (Wildman–Crippen MR) is 141 cm³/mol. The topological polar surface area (TPSA) is 85.8 Å². The number of amides is 1. The fraction of sp³-hybridized carbons (Fsp3) is 0.273. The lowest BCUT2D eigenvalue weighted by molar-refractivity contribution is -0.116. The van der Waals surface area contributed by atoms with Crippen LogP contribution in [0.2, 0.25) is 5.02 Å². The van der Waals surface area contributed by atoms with E-state index in [0.29, 0.717) is 29.8 Å². The van der Waals surface area contributed by atoms with E-state index < -0.39 is 6.10 Å². The van der Waals surface area contributed by atoms with Crippen molar-refractivity contribution in [1.82, 2.24) is 10.6 Å². The van der Waals surface area contributed by atoms with Gasteiger partial charge in [0.15, 0.2) is 5.96 Å². The first-order valence-electron chi connectivity index (χ1n) is 9.64. The Labute approximate surface area is 208 Å². The smallest absolute Gasteiger partial charge is 0.226 e. The van der Waals surface area contributed by atoms with Gasteiger partial charge in [-0.25, -0.2) is 0 Å². The van der Waals surface area contributed by atoms with Crippen LogP contribution in [-0.4, -0.2) is 37.1 Å². The van der Waals surface area contributed by atoms with E-state index in [2.05, 4.69) is 20.9 Å². The number of anilines is 1. The summed E-state index contributed by atoms with van der Waals surface area (Å²) in [5.74, 6) is 0.413. The molecule has 0 saturated carbocycles. The molecule has 0 aliphatic rings. The fourth-order valence-electron chi connectivity index (χ4n) is 2.93. The number of benzene rings is 2. The maximum absolute atomic E-state index is 12.2. The van der Waals surface area contributed by atoms with Gasteiger partial charge >= 0.3 is 0 Å². The number of thiophene rings is 1. The first-order chi connectivity index (χ1) is 14.5. The third-order valence-electron chi connectivity index (χ3n) is 4.65. The summed E-state index contributed by atoms with van der Waals surface area (Å²) in [5, 5.41) is 21.3. The molecule has 0 aliphatic heterocycles. The van der Waals surface area contributed by atoms with Crippen LogP contribution >= 0.6 is 46.9 Å². The number of halogens is 2. The number of rotatable bonds is 7. The normalized spacial score (nSPS) is 12.2. The van der Waals surface area contributed by atoms with Crippen LogP contribution in [0.25, 0.3) is 10.1 Å². The molecule has 4 N–H and O–H groups in total. The second-order valence-electron chi connectivity index (χ2n) is 6.79. The minimum atomic E-state index is -0.643. The van der Waals surface area contributed by atoms with Gasteiger partial charge in [0, 0.05) is 46.8 Å². The Bertz CT molecular complexity index is 1020. The van der Waals surface area contributed by atoms with Gasteiger partial charge < -0.3 is 21.1 Å². The molecule has 1 aromatic heterocycles. The minimum absolute atomic E-state index is 0. The number of fused-ring (bicyclic) bond motifs is 1. The van der Waals surface area contributed by atoms with Crippen LogP contribution in [0, 0.1) is 6.92 Å². The van der Waals surface area contributed by atoms with Crippen molar-refractivity contribution in [2.24, 2.45) is 4.99 Å². The highest BCUT2D eigenvalue weighted by atomic mass is 127. The average Bonchev–Trinajstić information content (AvgIpc) is 3.18. The summed E-state index contributed by atoms with van der Waals surface area (Å²) in [7, 11) is 1.65. The second-order valence-corrected chi connectivity index (χ2v) is 8.32. The fourth-order valence-corrected chi connectivity index (χ4v) is 4.16. The van der Waals surface area contributed by atoms with E-state index in [1.54, 1.807) is 30.5 Å². The van der Waals surface area contributed by atoms with E-state index in [0.717, 1.165) is 20.5 Å². The van der Waals surface area contributed by atoms with Crippen molar-refractivity contribution in [3.05, 3.63) is 64.0 Å². The van der Waals surface area contributed by atoms with Crippen molar-refractivity contribution in [2.45, 2.75) is 19.4 Å². The quantitative estimate of drug-likeness (QED) is 0.188. The molecular weight excluding hydrogens is 547 g/mol. The third kappa shape index (κ3) is 7.06. The number of guanidine groups is 1. The molecule has 6 nitrogen and oxygen atoms in total. The molecular formula is C22H26ClIN4O2S. The Kier molecular flexibility index (Phi) is 10.0. The van der Waals surface area contributed by atoms with Gasteiger partial charge in [0.2, 0.25) is 5.91 Å². The zero-order valence-electron chi connectivity index (χ0n) is 17.3. The molecule has 0 spiro atoms. The largest absolute Gasteiger partial charge is 0.386 e. The van der Waals surface area contributed by atoms with Crippen LogP contribution in [0.3, 0.4) is 0 Å². The van der Waals surface area contributed by atoms with E-state index in [4.69, 9.17) is 11.6 Å². The van der Waals surface area contributed by atoms with E-state index >= 15 is 0 Å². The van der Waals surface area contributed by atoms with Crippen molar-refractivity contribution in [3.63, 3.8) is 0 Å². The number of aliphatic hydroxyl groups excluding tert-OH is 1. The van der Waals surface area contributed by atoms with Crippen LogP contribution in [0.5, 0.6) is 0 Å². The molecule has 0 bridgehead atoms. The van der Waals surface area contributed by atoms with Crippen LogP contribution in [0.4, 0.5) is 5.69 Å². The van der Waals surface area contributed by atoms with Crippen LogP contribution in [0.15, 0.2) is 53.5 Å². The lowest BCUT2D eigenvalue weighted by atomic mass is 10.2. The molecule has 0 saturated heterocycles. The third-order valence-corrected chi connectivity index (χ3v) is 6.27. The van der Waals surface area contributed by atoms with Gasteiger partial charge in [-0.05, 0) is 42.1 Å². The number of carbonyl (C=O) groups excluding carboxylic acids is 1. The standard InChI is InChI=1S/C22H25ClN4O2S.HI/c1-14-16(23)7-5-8-17(14)27-21(29)10-11-25-22(24-2)26-13-18(28)20-12-15-6-3-4-9-19(15)30-20;/h3-9,12,18,28H,10-11,13H2,1-2H3,(H,27,29)(H2,24,25,26);1H. The summed E-state index contributed by atoms with van der Waals surface area (Å²) in [5.41, 5.74) is 1.55. The first kappa shape index (κ1) is 25.4. The van der Waals surface area contributed by atoms with Crippen molar-refractivity contribution in [1.29, 1.82) is 0 Å². The summed E-state index contributed by atoms with van der Waals surface area (Å²) in [6.07, 6.45) is -0.374. The molecule has 0 aliphatic carbocycles. The van der Waals surface area contributed by atoms with Crippen molar-refractivity contribution in [2.75, 3.05) is 25.5 Å². The van der Waals surface area contributed by atoms with Gasteiger partial charge in [0.05, 0.1) is 0 Å². The van der Waals surface area contributed by atoms with E-state index in [-0.39, 0.29) is 36.3 Å². The highest BCUT2D eigenvalue weighted by Crippen LogP contribution is 2.29. The molecule has 31 heavy (non-hydrogen) atoms. The molecule has 9 heteroatoms. The summed E-state index contributed by atoms with van der Waals surface area (Å²) >= 11 is 7.66. The SMILES string of the molecule is CN=C(NCCC(=O)Nc1cccc(Cl)c1C)NCC(O)c1cc2ccccc2s1.I. The molecule has 166 valence electrons. The number of hydrogen-bond acceptors (Lipinski definition) is 4. The highest BCUT2D eigenvalue weighted by molar-refractivity contribution is 14.0. The zero-order chi connectivity index (χ0) is 21.5. The van der Waals surface area contributed by atoms with Crippen LogP contribution < -0.4 is 16.0 Å². The Balaban J connectivity index is 0.00000341. The minimum Gasteiger partial charge on any atom is -0.386 e. The molecule has 1 unspecified atom stereocenters. The molecule has 3 aromatic rings. The van der Waals surface area contributed by atoms with Gasteiger partial charge in [-0.1, -0.05) is 35.9 Å². The maximum atomic E-state index is 12.2. The number of carbonyl (C=O) groups is 1. The zero-order valence-corrected chi connectivity index (χ0v) is 21.2. The summed E-state index contributed by atoms with van der Waals surface area (Å²) in [6, 6.07) is 15.5. The van der Waals surface area contributed by atoms with Crippen LogP contribution in [-0.2, 0) is 4.79 Å². The Morgan fingerprint density at radius 2 is 1.97 bits per heavy atom. The number of nitrogens with one attached hydrogen (secondary N) is 3. The van der Waals surface area contributed by atoms with Crippen molar-refractivity contribution < 1.29 is 9.90 Å². The molecule has 1 amide bonds. The number of hydrogen-bond donors (Lipinski definition) is 4. The van der Waals surface area contributed by atoms with E-state index in [9.17, 15) is 9.90 Å². The molecule has 1 heterocycles. The monoisotopic (exact) mass is 572 g/mol. The number of nitrogens with zero attached hydrogens (tertiary/aromatic N) is 1. The lowest BCUT2D eigenvalue weighted by Crippen LogP contribution is -2.40.